The molecule has 1 aromatic carbocycles. The van der Waals surface area contributed by atoms with Crippen molar-refractivity contribution in [1.29, 1.82) is 0 Å². The lowest BCUT2D eigenvalue weighted by atomic mass is 10.0. The Hall–Kier alpha value is -1.72. The van der Waals surface area contributed by atoms with E-state index in [2.05, 4.69) is 16.8 Å². The van der Waals surface area contributed by atoms with Crippen LogP contribution in [0.3, 0.4) is 0 Å². The van der Waals surface area contributed by atoms with Crippen LogP contribution in [0.25, 0.3) is 0 Å². The second-order valence-corrected chi connectivity index (χ2v) is 5.26. The van der Waals surface area contributed by atoms with E-state index >= 15 is 0 Å². The Balaban J connectivity index is 2.12. The summed E-state index contributed by atoms with van der Waals surface area (Å²) >= 11 is 1.67. The first-order valence-electron chi connectivity index (χ1n) is 6.08. The van der Waals surface area contributed by atoms with Gasteiger partial charge in [-0.05, 0) is 41.8 Å². The third-order valence-electron chi connectivity index (χ3n) is 3.20. The van der Waals surface area contributed by atoms with E-state index < -0.39 is 0 Å². The zero-order chi connectivity index (χ0) is 13.8. The highest BCUT2D eigenvalue weighted by Gasteiger charge is 2.16. The van der Waals surface area contributed by atoms with Gasteiger partial charge in [-0.2, -0.15) is 11.3 Å². The number of nitrogens with one attached hydrogen (secondary N) is 1. The first-order chi connectivity index (χ1) is 9.09. The van der Waals surface area contributed by atoms with E-state index in [4.69, 9.17) is 0 Å². The van der Waals surface area contributed by atoms with Gasteiger partial charge in [0.05, 0.1) is 4.92 Å². The number of hydrogen-bond acceptors (Lipinski definition) is 4. The van der Waals surface area contributed by atoms with Crippen molar-refractivity contribution in [1.82, 2.24) is 5.32 Å². The molecule has 1 atom stereocenters. The molecule has 0 saturated heterocycles. The Labute approximate surface area is 116 Å². The van der Waals surface area contributed by atoms with Crippen molar-refractivity contribution in [2.75, 3.05) is 0 Å². The number of benzene rings is 1. The number of rotatable bonds is 5. The molecule has 0 aliphatic carbocycles. The third-order valence-corrected chi connectivity index (χ3v) is 3.93. The van der Waals surface area contributed by atoms with Gasteiger partial charge in [0.15, 0.2) is 0 Å². The largest absolute Gasteiger partial charge is 0.306 e. The lowest BCUT2D eigenvalue weighted by Gasteiger charge is -2.16. The van der Waals surface area contributed by atoms with Crippen LogP contribution in [0, 0.1) is 17.0 Å². The van der Waals surface area contributed by atoms with Crippen LogP contribution in [0.5, 0.6) is 0 Å². The average Bonchev–Trinajstić information content (AvgIpc) is 2.89. The molecule has 0 aliphatic rings. The van der Waals surface area contributed by atoms with Crippen LogP contribution in [-0.4, -0.2) is 4.92 Å². The first kappa shape index (κ1) is 13.7. The molecule has 0 amide bonds. The second kappa shape index (κ2) is 5.95. The SMILES string of the molecule is Cc1c([C@H](C)NCc2ccsc2)cccc1[N+](=O)[O-]. The monoisotopic (exact) mass is 276 g/mol. The molecular weight excluding hydrogens is 260 g/mol. The molecule has 0 saturated carbocycles. The third kappa shape index (κ3) is 3.19. The van der Waals surface area contributed by atoms with Crippen LogP contribution in [0.15, 0.2) is 35.0 Å². The first-order valence-corrected chi connectivity index (χ1v) is 7.02. The van der Waals surface area contributed by atoms with Gasteiger partial charge in [-0.15, -0.1) is 0 Å². The van der Waals surface area contributed by atoms with Crippen LogP contribution in [0.1, 0.15) is 29.7 Å². The van der Waals surface area contributed by atoms with E-state index in [0.29, 0.717) is 0 Å². The minimum Gasteiger partial charge on any atom is -0.306 e. The molecule has 4 nitrogen and oxygen atoms in total. The molecule has 1 N–H and O–H groups in total. The van der Waals surface area contributed by atoms with Gasteiger partial charge in [-0.25, -0.2) is 0 Å². The number of nitro groups is 1. The topological polar surface area (TPSA) is 55.2 Å². The number of thiophene rings is 1. The molecule has 1 aromatic heterocycles. The van der Waals surface area contributed by atoms with E-state index in [9.17, 15) is 10.1 Å². The summed E-state index contributed by atoms with van der Waals surface area (Å²) in [6.45, 7) is 4.60. The fourth-order valence-corrected chi connectivity index (χ4v) is 2.75. The van der Waals surface area contributed by atoms with Crippen molar-refractivity contribution >= 4 is 17.0 Å². The van der Waals surface area contributed by atoms with Gasteiger partial charge >= 0.3 is 0 Å². The van der Waals surface area contributed by atoms with Crippen LogP contribution in [-0.2, 0) is 6.54 Å². The Morgan fingerprint density at radius 2 is 2.21 bits per heavy atom. The predicted octanol–water partition coefficient (Wildman–Crippen LogP) is 3.82. The molecule has 1 heterocycles. The fourth-order valence-electron chi connectivity index (χ4n) is 2.08. The summed E-state index contributed by atoms with van der Waals surface area (Å²) in [5, 5.41) is 18.5. The maximum atomic E-state index is 10.9. The number of hydrogen-bond donors (Lipinski definition) is 1. The van der Waals surface area contributed by atoms with Gasteiger partial charge in [0, 0.05) is 24.2 Å². The van der Waals surface area contributed by atoms with Gasteiger partial charge in [-0.3, -0.25) is 10.1 Å². The minimum atomic E-state index is -0.329. The molecule has 0 bridgehead atoms. The Morgan fingerprint density at radius 1 is 1.42 bits per heavy atom. The Bertz CT molecular complexity index is 567. The van der Waals surface area contributed by atoms with Crippen molar-refractivity contribution in [3.05, 3.63) is 61.8 Å². The lowest BCUT2D eigenvalue weighted by molar-refractivity contribution is -0.385. The standard InChI is InChI=1S/C14H16N2O2S/c1-10-13(4-3-5-14(10)16(17)18)11(2)15-8-12-6-7-19-9-12/h3-7,9,11,15H,8H2,1-2H3/t11-/m0/s1. The highest BCUT2D eigenvalue weighted by Crippen LogP contribution is 2.26. The molecular formula is C14H16N2O2S. The summed E-state index contributed by atoms with van der Waals surface area (Å²) in [5.41, 5.74) is 3.13. The van der Waals surface area contributed by atoms with Crippen molar-refractivity contribution in [2.45, 2.75) is 26.4 Å². The van der Waals surface area contributed by atoms with E-state index in [1.165, 1.54) is 5.56 Å². The van der Waals surface area contributed by atoms with Crippen LogP contribution >= 0.6 is 11.3 Å². The van der Waals surface area contributed by atoms with Crippen molar-refractivity contribution in [3.63, 3.8) is 0 Å². The predicted molar refractivity (Wildman–Crippen MR) is 77.4 cm³/mol. The Morgan fingerprint density at radius 3 is 2.84 bits per heavy atom. The minimum absolute atomic E-state index is 0.0831. The van der Waals surface area contributed by atoms with Gasteiger partial charge < -0.3 is 5.32 Å². The van der Waals surface area contributed by atoms with Gasteiger partial charge in [0.1, 0.15) is 0 Å². The molecule has 0 unspecified atom stereocenters. The second-order valence-electron chi connectivity index (χ2n) is 4.48. The molecule has 0 fully saturated rings. The highest BCUT2D eigenvalue weighted by atomic mass is 32.1. The summed E-state index contributed by atoms with van der Waals surface area (Å²) in [4.78, 5) is 10.6. The van der Waals surface area contributed by atoms with Gasteiger partial charge in [0.25, 0.3) is 5.69 Å². The zero-order valence-corrected chi connectivity index (χ0v) is 11.7. The van der Waals surface area contributed by atoms with E-state index in [0.717, 1.165) is 17.7 Å². The maximum Gasteiger partial charge on any atom is 0.272 e. The molecule has 19 heavy (non-hydrogen) atoms. The smallest absolute Gasteiger partial charge is 0.272 e. The fraction of sp³-hybridized carbons (Fsp3) is 0.286. The van der Waals surface area contributed by atoms with Crippen molar-refractivity contribution in [2.24, 2.45) is 0 Å². The van der Waals surface area contributed by atoms with Gasteiger partial charge in [-0.1, -0.05) is 12.1 Å². The molecule has 2 aromatic rings. The van der Waals surface area contributed by atoms with Gasteiger partial charge in [0.2, 0.25) is 0 Å². The quantitative estimate of drug-likeness (QED) is 0.667. The summed E-state index contributed by atoms with van der Waals surface area (Å²) < 4.78 is 0. The zero-order valence-electron chi connectivity index (χ0n) is 10.9. The summed E-state index contributed by atoms with van der Waals surface area (Å²) in [6, 6.07) is 7.38. The molecule has 5 heteroatoms. The lowest BCUT2D eigenvalue weighted by Crippen LogP contribution is -2.18. The molecule has 0 radical (unpaired) electrons. The normalized spacial score (nSPS) is 12.3. The van der Waals surface area contributed by atoms with E-state index in [1.54, 1.807) is 30.4 Å². The average molecular weight is 276 g/mol. The number of nitrogens with zero attached hydrogens (tertiary/aromatic N) is 1. The molecule has 100 valence electrons. The summed E-state index contributed by atoms with van der Waals surface area (Å²) in [5.74, 6) is 0. The maximum absolute atomic E-state index is 10.9. The Kier molecular flexibility index (Phi) is 4.29. The molecule has 0 spiro atoms. The van der Waals surface area contributed by atoms with E-state index in [-0.39, 0.29) is 16.7 Å². The summed E-state index contributed by atoms with van der Waals surface area (Å²) in [6.07, 6.45) is 0. The highest BCUT2D eigenvalue weighted by molar-refractivity contribution is 7.07. The molecule has 0 aliphatic heterocycles. The number of nitro benzene ring substituents is 1. The van der Waals surface area contributed by atoms with E-state index in [1.807, 2.05) is 18.4 Å². The van der Waals surface area contributed by atoms with Crippen molar-refractivity contribution < 1.29 is 4.92 Å². The van der Waals surface area contributed by atoms with Crippen LogP contribution in [0.2, 0.25) is 0 Å². The van der Waals surface area contributed by atoms with Crippen molar-refractivity contribution in [3.8, 4) is 0 Å². The molecule has 2 rings (SSSR count). The van der Waals surface area contributed by atoms with Crippen LogP contribution < -0.4 is 5.32 Å². The van der Waals surface area contributed by atoms with Crippen LogP contribution in [0.4, 0.5) is 5.69 Å². The summed E-state index contributed by atoms with van der Waals surface area (Å²) in [7, 11) is 0.